The summed E-state index contributed by atoms with van der Waals surface area (Å²) in [6.45, 7) is 0. The Morgan fingerprint density at radius 2 is 1.57 bits per heavy atom. The average Bonchev–Trinajstić information content (AvgIpc) is 2.08. The van der Waals surface area contributed by atoms with E-state index in [9.17, 15) is 24.6 Å². The average molecular weight is 201 g/mol. The highest BCUT2D eigenvalue weighted by Crippen LogP contribution is 2.30. The Morgan fingerprint density at radius 3 is 2.00 bits per heavy atom. The zero-order chi connectivity index (χ0) is 10.9. The fourth-order valence-corrected chi connectivity index (χ4v) is 0.860. The summed E-state index contributed by atoms with van der Waals surface area (Å²) in [7, 11) is 0. The van der Waals surface area contributed by atoms with Crippen LogP contribution in [-0.2, 0) is 0 Å². The summed E-state index contributed by atoms with van der Waals surface area (Å²) in [6, 6.07) is 1.04. The predicted molar refractivity (Wildman–Crippen MR) is 44.1 cm³/mol. The van der Waals surface area contributed by atoms with E-state index in [1.54, 1.807) is 0 Å². The predicted octanol–water partition coefficient (Wildman–Crippen LogP) is 1.22. The molecule has 0 saturated carbocycles. The molecule has 0 unspecified atom stereocenters. The molecule has 0 radical (unpaired) electrons. The number of nitrogen functional groups attached to an aromatic ring is 1. The molecule has 1 aromatic carbocycles. The summed E-state index contributed by atoms with van der Waals surface area (Å²) in [4.78, 5) is 18.6. The normalized spacial score (nSPS) is 9.79. The van der Waals surface area contributed by atoms with Gasteiger partial charge in [-0.25, -0.2) is 4.39 Å². The van der Waals surface area contributed by atoms with Crippen molar-refractivity contribution in [2.24, 2.45) is 0 Å². The SMILES string of the molecule is Nc1cc([N+](=O)[O-])c([N+](=O)[O-])cc1F. The first-order valence-corrected chi connectivity index (χ1v) is 3.31. The van der Waals surface area contributed by atoms with Gasteiger partial charge in [-0.15, -0.1) is 0 Å². The molecule has 7 nitrogen and oxygen atoms in total. The van der Waals surface area contributed by atoms with Crippen LogP contribution in [0.2, 0.25) is 0 Å². The van der Waals surface area contributed by atoms with E-state index in [1.807, 2.05) is 0 Å². The van der Waals surface area contributed by atoms with E-state index < -0.39 is 32.7 Å². The molecule has 0 atom stereocenters. The first-order valence-electron chi connectivity index (χ1n) is 3.31. The van der Waals surface area contributed by atoms with Crippen LogP contribution < -0.4 is 5.73 Å². The Hall–Kier alpha value is -2.25. The van der Waals surface area contributed by atoms with Gasteiger partial charge in [-0.05, 0) is 0 Å². The number of benzene rings is 1. The maximum Gasteiger partial charge on any atom is 0.349 e. The molecular formula is C6H4FN3O4. The van der Waals surface area contributed by atoms with Gasteiger partial charge in [0, 0.05) is 6.07 Å². The molecule has 74 valence electrons. The van der Waals surface area contributed by atoms with Gasteiger partial charge in [0.15, 0.2) is 5.82 Å². The highest BCUT2D eigenvalue weighted by atomic mass is 19.1. The van der Waals surface area contributed by atoms with Gasteiger partial charge in [-0.2, -0.15) is 0 Å². The summed E-state index contributed by atoms with van der Waals surface area (Å²) in [5.74, 6) is -1.05. The molecule has 0 aliphatic rings. The summed E-state index contributed by atoms with van der Waals surface area (Å²) in [6.07, 6.45) is 0. The second kappa shape index (κ2) is 3.24. The number of nitro benzene ring substituents is 2. The molecule has 1 rings (SSSR count). The molecule has 0 heterocycles. The van der Waals surface area contributed by atoms with E-state index in [0.717, 1.165) is 0 Å². The second-order valence-electron chi connectivity index (χ2n) is 2.38. The van der Waals surface area contributed by atoms with Crippen LogP contribution in [0.1, 0.15) is 0 Å². The van der Waals surface area contributed by atoms with Crippen molar-refractivity contribution in [2.45, 2.75) is 0 Å². The van der Waals surface area contributed by atoms with Gasteiger partial charge >= 0.3 is 11.4 Å². The number of nitro groups is 2. The molecule has 14 heavy (non-hydrogen) atoms. The minimum absolute atomic E-state index is 0.424. The van der Waals surface area contributed by atoms with E-state index in [1.165, 1.54) is 0 Å². The Labute approximate surface area is 76.2 Å². The lowest BCUT2D eigenvalue weighted by molar-refractivity contribution is -0.422. The fraction of sp³-hybridized carbons (Fsp3) is 0. The monoisotopic (exact) mass is 201 g/mol. The molecule has 0 aliphatic heterocycles. The van der Waals surface area contributed by atoms with Crippen LogP contribution in [0.3, 0.4) is 0 Å². The molecule has 0 amide bonds. The van der Waals surface area contributed by atoms with Crippen molar-refractivity contribution in [2.75, 3.05) is 5.73 Å². The van der Waals surface area contributed by atoms with E-state index in [0.29, 0.717) is 12.1 Å². The molecule has 0 bridgehead atoms. The smallest absolute Gasteiger partial charge is 0.349 e. The number of halogens is 1. The van der Waals surface area contributed by atoms with Gasteiger partial charge in [0.1, 0.15) is 0 Å². The molecule has 2 N–H and O–H groups in total. The van der Waals surface area contributed by atoms with Gasteiger partial charge in [0.25, 0.3) is 0 Å². The standard InChI is InChI=1S/C6H4FN3O4/c7-3-1-5(9(11)12)6(10(13)14)2-4(3)8/h1-2H,8H2. The van der Waals surface area contributed by atoms with Crippen LogP contribution in [-0.4, -0.2) is 9.85 Å². The molecule has 8 heteroatoms. The number of anilines is 1. The van der Waals surface area contributed by atoms with E-state index in [4.69, 9.17) is 5.73 Å². The number of nitrogens with zero attached hydrogens (tertiary/aromatic N) is 2. The third kappa shape index (κ3) is 1.58. The van der Waals surface area contributed by atoms with Crippen LogP contribution in [0.25, 0.3) is 0 Å². The molecule has 0 aromatic heterocycles. The zero-order valence-electron chi connectivity index (χ0n) is 6.64. The number of rotatable bonds is 2. The number of hydrogen-bond acceptors (Lipinski definition) is 5. The maximum absolute atomic E-state index is 12.7. The molecule has 1 aromatic rings. The van der Waals surface area contributed by atoms with Crippen LogP contribution in [0.4, 0.5) is 21.5 Å². The lowest BCUT2D eigenvalue weighted by atomic mass is 10.2. The summed E-state index contributed by atoms with van der Waals surface area (Å²) in [5.41, 5.74) is 2.79. The first kappa shape index (κ1) is 9.84. The maximum atomic E-state index is 12.7. The summed E-state index contributed by atoms with van der Waals surface area (Å²) >= 11 is 0. The molecular weight excluding hydrogens is 197 g/mol. The van der Waals surface area contributed by atoms with Gasteiger partial charge in [-0.1, -0.05) is 0 Å². The third-order valence-electron chi connectivity index (χ3n) is 1.49. The Kier molecular flexibility index (Phi) is 2.28. The molecule has 0 saturated heterocycles. The van der Waals surface area contributed by atoms with Crippen molar-refractivity contribution in [1.29, 1.82) is 0 Å². The van der Waals surface area contributed by atoms with Gasteiger partial charge in [-0.3, -0.25) is 20.2 Å². The summed E-state index contributed by atoms with van der Waals surface area (Å²) in [5, 5.41) is 20.6. The Balaban J connectivity index is 3.46. The van der Waals surface area contributed by atoms with E-state index in [2.05, 4.69) is 0 Å². The van der Waals surface area contributed by atoms with Crippen molar-refractivity contribution >= 4 is 17.1 Å². The first-order chi connectivity index (χ1) is 6.43. The molecule has 0 aliphatic carbocycles. The quantitative estimate of drug-likeness (QED) is 0.439. The van der Waals surface area contributed by atoms with Crippen LogP contribution >= 0.6 is 0 Å². The second-order valence-corrected chi connectivity index (χ2v) is 2.38. The van der Waals surface area contributed by atoms with Crippen LogP contribution in [0.5, 0.6) is 0 Å². The van der Waals surface area contributed by atoms with Crippen molar-refractivity contribution in [3.63, 3.8) is 0 Å². The van der Waals surface area contributed by atoms with Crippen molar-refractivity contribution in [3.05, 3.63) is 38.2 Å². The fourth-order valence-electron chi connectivity index (χ4n) is 0.860. The van der Waals surface area contributed by atoms with Crippen LogP contribution in [0.15, 0.2) is 12.1 Å². The van der Waals surface area contributed by atoms with Crippen molar-refractivity contribution in [1.82, 2.24) is 0 Å². The minimum atomic E-state index is -1.05. The van der Waals surface area contributed by atoms with Gasteiger partial charge in [0.05, 0.1) is 21.6 Å². The van der Waals surface area contributed by atoms with E-state index >= 15 is 0 Å². The van der Waals surface area contributed by atoms with Crippen LogP contribution in [0, 0.1) is 26.0 Å². The summed E-state index contributed by atoms with van der Waals surface area (Å²) < 4.78 is 12.7. The Morgan fingerprint density at radius 1 is 1.14 bits per heavy atom. The van der Waals surface area contributed by atoms with Gasteiger partial charge < -0.3 is 5.73 Å². The molecule has 0 spiro atoms. The van der Waals surface area contributed by atoms with Crippen molar-refractivity contribution < 1.29 is 14.2 Å². The van der Waals surface area contributed by atoms with Crippen molar-refractivity contribution in [3.8, 4) is 0 Å². The number of nitrogens with two attached hydrogens (primary N) is 1. The Bertz CT molecular complexity index is 381. The lowest BCUT2D eigenvalue weighted by Gasteiger charge is -1.97. The van der Waals surface area contributed by atoms with Gasteiger partial charge in [0.2, 0.25) is 0 Å². The lowest BCUT2D eigenvalue weighted by Crippen LogP contribution is -2.00. The minimum Gasteiger partial charge on any atom is -0.396 e. The zero-order valence-corrected chi connectivity index (χ0v) is 6.64. The van der Waals surface area contributed by atoms with E-state index in [-0.39, 0.29) is 0 Å². The third-order valence-corrected chi connectivity index (χ3v) is 1.49. The highest BCUT2D eigenvalue weighted by molar-refractivity contribution is 5.60. The topological polar surface area (TPSA) is 112 Å². The highest BCUT2D eigenvalue weighted by Gasteiger charge is 2.26. The number of hydrogen-bond donors (Lipinski definition) is 1. The molecule has 0 fully saturated rings. The largest absolute Gasteiger partial charge is 0.396 e.